The Morgan fingerprint density at radius 2 is 2.00 bits per heavy atom. The number of hydrogen-bond donors (Lipinski definition) is 1. The summed E-state index contributed by atoms with van der Waals surface area (Å²) in [6.45, 7) is 4.85. The fourth-order valence-corrected chi connectivity index (χ4v) is 1.42. The van der Waals surface area contributed by atoms with Crippen LogP contribution in [0.3, 0.4) is 0 Å². The van der Waals surface area contributed by atoms with Crippen LogP contribution in [-0.4, -0.2) is 52.6 Å². The number of aliphatic hydroxyl groups excluding tert-OH is 1. The van der Waals surface area contributed by atoms with Crippen LogP contribution in [-0.2, 0) is 16.0 Å². The monoisotopic (exact) mass is 259 g/mol. The van der Waals surface area contributed by atoms with Gasteiger partial charge in [-0.05, 0) is 4.92 Å². The Hall–Kier alpha value is -1.51. The summed E-state index contributed by atoms with van der Waals surface area (Å²) in [6, 6.07) is 0. The zero-order chi connectivity index (χ0) is 13.4. The van der Waals surface area contributed by atoms with Crippen molar-refractivity contribution in [3.63, 3.8) is 0 Å². The van der Waals surface area contributed by atoms with Crippen LogP contribution in [0.1, 0.15) is 5.82 Å². The van der Waals surface area contributed by atoms with Gasteiger partial charge in [-0.2, -0.15) is 0 Å². The van der Waals surface area contributed by atoms with Gasteiger partial charge in [0.2, 0.25) is 0 Å². The molecule has 102 valence electrons. The number of imidazole rings is 1. The molecule has 1 aromatic rings. The van der Waals surface area contributed by atoms with E-state index in [4.69, 9.17) is 14.6 Å². The highest BCUT2D eigenvalue weighted by molar-refractivity contribution is 5.18. The van der Waals surface area contributed by atoms with Gasteiger partial charge in [0.1, 0.15) is 12.7 Å². The molecular weight excluding hydrogens is 242 g/mol. The normalized spacial score (nSPS) is 14.8. The van der Waals surface area contributed by atoms with Crippen molar-refractivity contribution in [2.75, 3.05) is 33.0 Å². The van der Waals surface area contributed by atoms with Crippen molar-refractivity contribution < 1.29 is 19.5 Å². The van der Waals surface area contributed by atoms with Crippen LogP contribution in [0, 0.1) is 17.0 Å². The molecule has 0 radical (unpaired) electrons. The fraction of sp³-hybridized carbons (Fsp3) is 0.700. The van der Waals surface area contributed by atoms with Gasteiger partial charge < -0.3 is 24.7 Å². The van der Waals surface area contributed by atoms with Crippen LogP contribution in [0.25, 0.3) is 0 Å². The number of aromatic nitrogens is 2. The summed E-state index contributed by atoms with van der Waals surface area (Å²) < 4.78 is 11.2. The van der Waals surface area contributed by atoms with Crippen molar-refractivity contribution in [2.45, 2.75) is 13.5 Å². The lowest BCUT2D eigenvalue weighted by molar-refractivity contribution is -0.392. The Morgan fingerprint density at radius 1 is 1.44 bits per heavy atom. The lowest BCUT2D eigenvalue weighted by Crippen LogP contribution is -2.16. The Kier molecular flexibility index (Phi) is 6.26. The highest BCUT2D eigenvalue weighted by atomic mass is 16.6. The van der Waals surface area contributed by atoms with Gasteiger partial charge in [0.25, 0.3) is 0 Å². The number of hydrogen-bond acceptors (Lipinski definition) is 6. The summed E-state index contributed by atoms with van der Waals surface area (Å²) in [4.78, 5) is 13.6. The van der Waals surface area contributed by atoms with Gasteiger partial charge in [-0.25, -0.2) is 9.55 Å². The SMILES string of the molecule is C1COCCO1.Cc1ncc([N+](=O)[O-])n1CCO. The van der Waals surface area contributed by atoms with E-state index in [1.807, 2.05) is 0 Å². The van der Waals surface area contributed by atoms with E-state index in [2.05, 4.69) is 4.98 Å². The van der Waals surface area contributed by atoms with Gasteiger partial charge in [-0.3, -0.25) is 0 Å². The molecule has 2 heterocycles. The lowest BCUT2D eigenvalue weighted by Gasteiger charge is -2.09. The number of ether oxygens (including phenoxy) is 2. The molecule has 0 saturated carbocycles. The molecule has 1 aliphatic rings. The Bertz CT molecular complexity index is 364. The first-order chi connectivity index (χ1) is 8.66. The zero-order valence-electron chi connectivity index (χ0n) is 10.2. The minimum Gasteiger partial charge on any atom is -0.392 e. The molecule has 8 heteroatoms. The van der Waals surface area contributed by atoms with Crippen LogP contribution in [0.5, 0.6) is 0 Å². The average Bonchev–Trinajstić information content (AvgIpc) is 2.75. The molecule has 0 unspecified atom stereocenters. The van der Waals surface area contributed by atoms with Gasteiger partial charge >= 0.3 is 5.82 Å². The van der Waals surface area contributed by atoms with E-state index in [9.17, 15) is 10.1 Å². The predicted molar refractivity (Wildman–Crippen MR) is 62.3 cm³/mol. The molecule has 0 aromatic carbocycles. The second kappa shape index (κ2) is 7.75. The first-order valence-electron chi connectivity index (χ1n) is 5.59. The van der Waals surface area contributed by atoms with Gasteiger partial charge in [0, 0.05) is 6.92 Å². The molecule has 0 bridgehead atoms. The third-order valence-electron chi connectivity index (χ3n) is 2.29. The topological polar surface area (TPSA) is 99.6 Å². The molecule has 8 nitrogen and oxygen atoms in total. The van der Waals surface area contributed by atoms with Crippen LogP contribution in [0.15, 0.2) is 6.20 Å². The lowest BCUT2D eigenvalue weighted by atomic mass is 10.6. The number of nitro groups is 1. The molecule has 18 heavy (non-hydrogen) atoms. The summed E-state index contributed by atoms with van der Waals surface area (Å²) in [5.74, 6) is 0.456. The number of aryl methyl sites for hydroxylation is 1. The largest absolute Gasteiger partial charge is 0.392 e. The molecule has 0 spiro atoms. The molecule has 1 aromatic heterocycles. The Balaban J connectivity index is 0.000000225. The molecule has 1 fully saturated rings. The van der Waals surface area contributed by atoms with Crippen LogP contribution >= 0.6 is 0 Å². The molecule has 0 atom stereocenters. The molecular formula is C10H17N3O5. The summed E-state index contributed by atoms with van der Waals surface area (Å²) in [6.07, 6.45) is 1.19. The van der Waals surface area contributed by atoms with Crippen LogP contribution in [0.2, 0.25) is 0 Å². The summed E-state index contributed by atoms with van der Waals surface area (Å²) in [5.41, 5.74) is 0. The van der Waals surface area contributed by atoms with Crippen LogP contribution in [0.4, 0.5) is 5.82 Å². The van der Waals surface area contributed by atoms with E-state index >= 15 is 0 Å². The van der Waals surface area contributed by atoms with E-state index < -0.39 is 4.92 Å². The molecule has 1 aliphatic heterocycles. The number of aliphatic hydroxyl groups is 1. The molecule has 0 aliphatic carbocycles. The van der Waals surface area contributed by atoms with Crippen molar-refractivity contribution >= 4 is 5.82 Å². The van der Waals surface area contributed by atoms with E-state index in [0.29, 0.717) is 5.82 Å². The first-order valence-corrected chi connectivity index (χ1v) is 5.59. The quantitative estimate of drug-likeness (QED) is 0.611. The van der Waals surface area contributed by atoms with Crippen LogP contribution < -0.4 is 0 Å². The molecule has 0 amide bonds. The van der Waals surface area contributed by atoms with E-state index in [-0.39, 0.29) is 19.0 Å². The van der Waals surface area contributed by atoms with Crippen molar-refractivity contribution in [1.82, 2.24) is 9.55 Å². The van der Waals surface area contributed by atoms with E-state index in [1.165, 1.54) is 10.8 Å². The molecule has 1 saturated heterocycles. The summed E-state index contributed by atoms with van der Waals surface area (Å²) in [5, 5.41) is 19.0. The van der Waals surface area contributed by atoms with Gasteiger partial charge in [0.05, 0.1) is 33.0 Å². The minimum atomic E-state index is -0.518. The minimum absolute atomic E-state index is 0.0819. The first kappa shape index (κ1) is 14.6. The average molecular weight is 259 g/mol. The second-order valence-corrected chi connectivity index (χ2v) is 3.52. The zero-order valence-corrected chi connectivity index (χ0v) is 10.2. The Labute approximate surface area is 104 Å². The smallest absolute Gasteiger partial charge is 0.342 e. The highest BCUT2D eigenvalue weighted by Gasteiger charge is 2.15. The summed E-state index contributed by atoms with van der Waals surface area (Å²) in [7, 11) is 0. The third-order valence-corrected chi connectivity index (χ3v) is 2.29. The van der Waals surface area contributed by atoms with Crippen molar-refractivity contribution in [3.05, 3.63) is 22.1 Å². The summed E-state index contributed by atoms with van der Waals surface area (Å²) >= 11 is 0. The van der Waals surface area contributed by atoms with Gasteiger partial charge in [-0.1, -0.05) is 0 Å². The van der Waals surface area contributed by atoms with Crippen molar-refractivity contribution in [3.8, 4) is 0 Å². The number of nitrogens with zero attached hydrogens (tertiary/aromatic N) is 3. The number of rotatable bonds is 3. The molecule has 1 N–H and O–H groups in total. The van der Waals surface area contributed by atoms with Crippen molar-refractivity contribution in [1.29, 1.82) is 0 Å². The maximum Gasteiger partial charge on any atom is 0.342 e. The molecule has 2 rings (SSSR count). The van der Waals surface area contributed by atoms with Gasteiger partial charge in [-0.15, -0.1) is 0 Å². The third kappa shape index (κ3) is 4.40. The fourth-order valence-electron chi connectivity index (χ4n) is 1.42. The highest BCUT2D eigenvalue weighted by Crippen LogP contribution is 2.12. The second-order valence-electron chi connectivity index (χ2n) is 3.52. The van der Waals surface area contributed by atoms with E-state index in [1.54, 1.807) is 6.92 Å². The van der Waals surface area contributed by atoms with Crippen molar-refractivity contribution in [2.24, 2.45) is 0 Å². The van der Waals surface area contributed by atoms with Gasteiger partial charge in [0.15, 0.2) is 5.82 Å². The van der Waals surface area contributed by atoms with E-state index in [0.717, 1.165) is 26.4 Å². The maximum absolute atomic E-state index is 10.4. The predicted octanol–water partition coefficient (Wildman–Crippen LogP) is 0.125. The Morgan fingerprint density at radius 3 is 2.39 bits per heavy atom. The standard InChI is InChI=1S/C6H9N3O3.C4H8O2/c1-5-7-4-6(9(11)12)8(5)2-3-10;1-2-6-4-3-5-1/h4,10H,2-3H2,1H3;1-4H2. The maximum atomic E-state index is 10.4.